The molecule has 6 nitrogen and oxygen atoms in total. The molecule has 128 valence electrons. The molecule has 2 aromatic heterocycles. The highest BCUT2D eigenvalue weighted by atomic mass is 16.5. The van der Waals surface area contributed by atoms with E-state index >= 15 is 0 Å². The van der Waals surface area contributed by atoms with E-state index in [1.807, 2.05) is 25.1 Å². The lowest BCUT2D eigenvalue weighted by Gasteiger charge is -2.36. The fraction of sp³-hybridized carbons (Fsp3) is 0.316. The number of carbonyl (C=O) groups is 1. The van der Waals surface area contributed by atoms with Crippen molar-refractivity contribution in [3.8, 4) is 0 Å². The second kappa shape index (κ2) is 5.97. The van der Waals surface area contributed by atoms with Crippen LogP contribution in [-0.2, 0) is 13.0 Å². The van der Waals surface area contributed by atoms with Crippen molar-refractivity contribution in [2.75, 3.05) is 6.61 Å². The quantitative estimate of drug-likeness (QED) is 0.777. The molecule has 1 amide bonds. The molecular weight excluding hydrogens is 318 g/mol. The highest BCUT2D eigenvalue weighted by molar-refractivity contribution is 6.06. The number of aliphatic hydroxyl groups is 1. The van der Waals surface area contributed by atoms with E-state index in [1.165, 1.54) is 5.56 Å². The van der Waals surface area contributed by atoms with Crippen molar-refractivity contribution in [3.63, 3.8) is 0 Å². The number of aromatic nitrogens is 2. The van der Waals surface area contributed by atoms with Crippen LogP contribution in [0.4, 0.5) is 0 Å². The van der Waals surface area contributed by atoms with E-state index in [0.29, 0.717) is 41.0 Å². The smallest absolute Gasteiger partial charge is 0.258 e. The van der Waals surface area contributed by atoms with Crippen LogP contribution in [-0.4, -0.2) is 38.7 Å². The highest BCUT2D eigenvalue weighted by Crippen LogP contribution is 2.28. The second-order valence-electron chi connectivity index (χ2n) is 6.50. The predicted molar refractivity (Wildman–Crippen MR) is 92.2 cm³/mol. The Morgan fingerprint density at radius 1 is 1.32 bits per heavy atom. The van der Waals surface area contributed by atoms with Crippen LogP contribution in [0.25, 0.3) is 11.1 Å². The van der Waals surface area contributed by atoms with Gasteiger partial charge in [-0.3, -0.25) is 4.79 Å². The van der Waals surface area contributed by atoms with Gasteiger partial charge in [-0.05, 0) is 37.5 Å². The van der Waals surface area contributed by atoms with Gasteiger partial charge in [0.2, 0.25) is 0 Å². The number of fused-ring (bicyclic) bond motifs is 2. The summed E-state index contributed by atoms with van der Waals surface area (Å²) < 4.78 is 5.24. The Kier molecular flexibility index (Phi) is 3.77. The molecule has 0 aliphatic carbocycles. The lowest BCUT2D eigenvalue weighted by molar-refractivity contribution is 0.0546. The number of nitrogens with zero attached hydrogens (tertiary/aromatic N) is 3. The van der Waals surface area contributed by atoms with Gasteiger partial charge >= 0.3 is 0 Å². The summed E-state index contributed by atoms with van der Waals surface area (Å²) in [5.41, 5.74) is 4.54. The van der Waals surface area contributed by atoms with Crippen LogP contribution in [0.5, 0.6) is 0 Å². The molecular formula is C19H19N3O3. The monoisotopic (exact) mass is 337 g/mol. The third kappa shape index (κ3) is 2.59. The highest BCUT2D eigenvalue weighted by Gasteiger charge is 2.31. The molecule has 1 aromatic carbocycles. The van der Waals surface area contributed by atoms with Crippen LogP contribution in [0.15, 0.2) is 34.9 Å². The van der Waals surface area contributed by atoms with Crippen LogP contribution >= 0.6 is 0 Å². The molecule has 6 heteroatoms. The Hall–Kier alpha value is -2.73. The Labute approximate surface area is 145 Å². The van der Waals surface area contributed by atoms with Gasteiger partial charge in [-0.1, -0.05) is 29.4 Å². The minimum Gasteiger partial charge on any atom is -0.394 e. The van der Waals surface area contributed by atoms with Crippen molar-refractivity contribution >= 4 is 17.0 Å². The van der Waals surface area contributed by atoms with Crippen molar-refractivity contribution in [2.45, 2.75) is 32.9 Å². The average molecular weight is 337 g/mol. The normalized spacial score (nSPS) is 16.9. The number of amides is 1. The molecule has 0 saturated carbocycles. The van der Waals surface area contributed by atoms with Gasteiger partial charge in [-0.2, -0.15) is 0 Å². The first-order valence-electron chi connectivity index (χ1n) is 8.30. The molecule has 0 unspecified atom stereocenters. The first kappa shape index (κ1) is 15.8. The zero-order valence-corrected chi connectivity index (χ0v) is 14.2. The summed E-state index contributed by atoms with van der Waals surface area (Å²) in [7, 11) is 0. The Balaban J connectivity index is 1.79. The summed E-state index contributed by atoms with van der Waals surface area (Å²) in [5, 5.41) is 14.4. The molecule has 1 aliphatic rings. The van der Waals surface area contributed by atoms with Gasteiger partial charge in [-0.15, -0.1) is 0 Å². The first-order chi connectivity index (χ1) is 12.1. The number of rotatable bonds is 2. The lowest BCUT2D eigenvalue weighted by atomic mass is 9.93. The largest absolute Gasteiger partial charge is 0.394 e. The molecule has 3 heterocycles. The number of hydrogen-bond acceptors (Lipinski definition) is 5. The third-order valence-electron chi connectivity index (χ3n) is 4.80. The molecule has 25 heavy (non-hydrogen) atoms. The van der Waals surface area contributed by atoms with Gasteiger partial charge in [0.25, 0.3) is 11.6 Å². The molecule has 3 aromatic rings. The maximum Gasteiger partial charge on any atom is 0.258 e. The molecule has 1 aliphatic heterocycles. The number of benzene rings is 1. The van der Waals surface area contributed by atoms with Gasteiger partial charge in [0.05, 0.1) is 29.3 Å². The minimum atomic E-state index is -0.244. The van der Waals surface area contributed by atoms with Crippen molar-refractivity contribution in [1.82, 2.24) is 15.0 Å². The molecule has 0 radical (unpaired) electrons. The van der Waals surface area contributed by atoms with Crippen LogP contribution in [0, 0.1) is 13.8 Å². The first-order valence-corrected chi connectivity index (χ1v) is 8.30. The summed E-state index contributed by atoms with van der Waals surface area (Å²) in [6.45, 7) is 4.03. The number of carbonyl (C=O) groups excluding carboxylic acids is 1. The number of hydrogen-bond donors (Lipinski definition) is 1. The Bertz CT molecular complexity index is 964. The SMILES string of the molecule is Cc1cc(C(=O)N2Cc3ccccc3C[C@@H]2CO)c2c(C)noc2n1. The fourth-order valence-corrected chi connectivity index (χ4v) is 3.53. The van der Waals surface area contributed by atoms with E-state index in [1.54, 1.807) is 17.9 Å². The average Bonchev–Trinajstić information content (AvgIpc) is 3.00. The summed E-state index contributed by atoms with van der Waals surface area (Å²) in [5.74, 6) is -0.129. The van der Waals surface area contributed by atoms with Crippen molar-refractivity contribution < 1.29 is 14.4 Å². The van der Waals surface area contributed by atoms with Crippen molar-refractivity contribution in [1.29, 1.82) is 0 Å². The minimum absolute atomic E-state index is 0.0735. The van der Waals surface area contributed by atoms with E-state index < -0.39 is 0 Å². The molecule has 0 bridgehead atoms. The molecule has 0 spiro atoms. The van der Waals surface area contributed by atoms with E-state index in [-0.39, 0.29) is 18.6 Å². The van der Waals surface area contributed by atoms with Gasteiger partial charge in [-0.25, -0.2) is 4.98 Å². The van der Waals surface area contributed by atoms with Gasteiger partial charge in [0, 0.05) is 12.2 Å². The molecule has 4 rings (SSSR count). The Morgan fingerprint density at radius 2 is 2.08 bits per heavy atom. The zero-order valence-electron chi connectivity index (χ0n) is 14.2. The zero-order chi connectivity index (χ0) is 17.6. The number of pyridine rings is 1. The van der Waals surface area contributed by atoms with E-state index in [9.17, 15) is 9.90 Å². The predicted octanol–water partition coefficient (Wildman–Crippen LogP) is 2.40. The summed E-state index contributed by atoms with van der Waals surface area (Å²) in [4.78, 5) is 19.4. The molecule has 0 fully saturated rings. The summed E-state index contributed by atoms with van der Waals surface area (Å²) in [6, 6.07) is 9.57. The lowest BCUT2D eigenvalue weighted by Crippen LogP contribution is -2.46. The van der Waals surface area contributed by atoms with Gasteiger partial charge in [0.1, 0.15) is 0 Å². The van der Waals surface area contributed by atoms with Crippen molar-refractivity contribution in [3.05, 3.63) is 58.4 Å². The molecule has 0 saturated heterocycles. The maximum atomic E-state index is 13.3. The Morgan fingerprint density at radius 3 is 2.84 bits per heavy atom. The van der Waals surface area contributed by atoms with E-state index in [0.717, 1.165) is 5.56 Å². The topological polar surface area (TPSA) is 79.5 Å². The second-order valence-corrected chi connectivity index (χ2v) is 6.50. The van der Waals surface area contributed by atoms with Gasteiger partial charge < -0.3 is 14.5 Å². The summed E-state index contributed by atoms with van der Waals surface area (Å²) >= 11 is 0. The maximum absolute atomic E-state index is 13.3. The molecule has 1 N–H and O–H groups in total. The molecule has 1 atom stereocenters. The van der Waals surface area contributed by atoms with Crippen molar-refractivity contribution in [2.24, 2.45) is 0 Å². The van der Waals surface area contributed by atoms with E-state index in [2.05, 4.69) is 16.2 Å². The third-order valence-corrected chi connectivity index (χ3v) is 4.80. The van der Waals surface area contributed by atoms with Crippen LogP contribution in [0.1, 0.15) is 32.9 Å². The summed E-state index contributed by atoms with van der Waals surface area (Å²) in [6.07, 6.45) is 0.647. The van der Waals surface area contributed by atoms with Crippen LogP contribution in [0.3, 0.4) is 0 Å². The van der Waals surface area contributed by atoms with Gasteiger partial charge in [0.15, 0.2) is 0 Å². The van der Waals surface area contributed by atoms with E-state index in [4.69, 9.17) is 4.52 Å². The van der Waals surface area contributed by atoms with Crippen LogP contribution in [0.2, 0.25) is 0 Å². The standard InChI is InChI=1S/C19H19N3O3/c1-11-7-16(17-12(2)21-25-18(17)20-11)19(24)22-9-14-6-4-3-5-13(14)8-15(22)10-23/h3-7,15,23H,8-10H2,1-2H3/t15-/m1/s1. The van der Waals surface area contributed by atoms with Crippen LogP contribution < -0.4 is 0 Å². The fourth-order valence-electron chi connectivity index (χ4n) is 3.53. The number of aryl methyl sites for hydroxylation is 2. The number of aliphatic hydroxyl groups excluding tert-OH is 1.